The van der Waals surface area contributed by atoms with E-state index in [-0.39, 0.29) is 17.3 Å². The van der Waals surface area contributed by atoms with Crippen molar-refractivity contribution in [2.45, 2.75) is 24.3 Å². The highest BCUT2D eigenvalue weighted by molar-refractivity contribution is 7.89. The summed E-state index contributed by atoms with van der Waals surface area (Å²) in [4.78, 5) is 14.5. The molecule has 10 heteroatoms. The monoisotopic (exact) mass is 412 g/mol. The van der Waals surface area contributed by atoms with E-state index in [1.165, 1.54) is 23.1 Å². The van der Waals surface area contributed by atoms with Crippen LogP contribution in [0.2, 0.25) is 0 Å². The van der Waals surface area contributed by atoms with Crippen LogP contribution >= 0.6 is 0 Å². The molecule has 4 rings (SSSR count). The van der Waals surface area contributed by atoms with Gasteiger partial charge in [-0.2, -0.15) is 0 Å². The van der Waals surface area contributed by atoms with Crippen LogP contribution in [0.25, 0.3) is 5.69 Å². The summed E-state index contributed by atoms with van der Waals surface area (Å²) >= 11 is 0. The molecule has 0 aliphatic carbocycles. The lowest BCUT2D eigenvalue weighted by Gasteiger charge is -2.15. The number of carbonyl (C=O) groups is 1. The van der Waals surface area contributed by atoms with E-state index in [0.717, 1.165) is 31.5 Å². The first kappa shape index (κ1) is 19.2. The average Bonchev–Trinajstić information content (AvgIpc) is 3.46. The van der Waals surface area contributed by atoms with Crippen LogP contribution in [-0.2, 0) is 16.6 Å². The fraction of sp³-hybridized carbons (Fsp3) is 0.263. The molecule has 2 aromatic carbocycles. The molecule has 9 nitrogen and oxygen atoms in total. The Kier molecular flexibility index (Phi) is 5.36. The number of amides is 1. The Bertz CT molecular complexity index is 1110. The van der Waals surface area contributed by atoms with Crippen molar-refractivity contribution in [3.8, 4) is 5.69 Å². The van der Waals surface area contributed by atoms with Gasteiger partial charge in [0.05, 0.1) is 10.6 Å². The predicted molar refractivity (Wildman–Crippen MR) is 105 cm³/mol. The summed E-state index contributed by atoms with van der Waals surface area (Å²) in [7, 11) is -3.75. The van der Waals surface area contributed by atoms with Gasteiger partial charge >= 0.3 is 0 Å². The number of hydrogen-bond donors (Lipinski definition) is 1. The molecular weight excluding hydrogens is 392 g/mol. The van der Waals surface area contributed by atoms with E-state index in [2.05, 4.69) is 20.2 Å². The van der Waals surface area contributed by atoms with E-state index < -0.39 is 10.0 Å². The Morgan fingerprint density at radius 1 is 1.07 bits per heavy atom. The van der Waals surface area contributed by atoms with Crippen LogP contribution in [0.4, 0.5) is 0 Å². The number of likely N-dealkylation sites (tertiary alicyclic amines) is 1. The van der Waals surface area contributed by atoms with Gasteiger partial charge < -0.3 is 4.90 Å². The molecular formula is C19H20N6O3S. The number of rotatable bonds is 6. The van der Waals surface area contributed by atoms with E-state index >= 15 is 0 Å². The normalized spacial score (nSPS) is 14.3. The maximum absolute atomic E-state index is 12.7. The van der Waals surface area contributed by atoms with Gasteiger partial charge in [0.1, 0.15) is 6.33 Å². The van der Waals surface area contributed by atoms with E-state index in [9.17, 15) is 13.2 Å². The molecule has 3 aromatic rings. The third-order valence-electron chi connectivity index (χ3n) is 4.77. The minimum absolute atomic E-state index is 0.0126. The highest BCUT2D eigenvalue weighted by atomic mass is 32.2. The summed E-state index contributed by atoms with van der Waals surface area (Å²) in [5, 5.41) is 10.9. The van der Waals surface area contributed by atoms with Crippen molar-refractivity contribution in [3.63, 3.8) is 0 Å². The molecule has 2 heterocycles. The maximum atomic E-state index is 12.7. The molecule has 1 saturated heterocycles. The van der Waals surface area contributed by atoms with Crippen LogP contribution in [0.5, 0.6) is 0 Å². The van der Waals surface area contributed by atoms with Gasteiger partial charge in [-0.3, -0.25) is 4.79 Å². The maximum Gasteiger partial charge on any atom is 0.253 e. The summed E-state index contributed by atoms with van der Waals surface area (Å²) < 4.78 is 29.4. The number of benzene rings is 2. The number of carbonyl (C=O) groups excluding carboxylic acids is 1. The number of hydrogen-bond acceptors (Lipinski definition) is 6. The van der Waals surface area contributed by atoms with Gasteiger partial charge in [0.15, 0.2) is 0 Å². The van der Waals surface area contributed by atoms with Crippen molar-refractivity contribution in [2.75, 3.05) is 13.1 Å². The van der Waals surface area contributed by atoms with Crippen molar-refractivity contribution >= 4 is 15.9 Å². The summed E-state index contributed by atoms with van der Waals surface area (Å²) in [6, 6.07) is 13.4. The zero-order valence-corrected chi connectivity index (χ0v) is 16.4. The summed E-state index contributed by atoms with van der Waals surface area (Å²) in [6.45, 7) is 1.62. The lowest BCUT2D eigenvalue weighted by molar-refractivity contribution is 0.0792. The lowest BCUT2D eigenvalue weighted by atomic mass is 10.1. The van der Waals surface area contributed by atoms with Gasteiger partial charge in [-0.15, -0.1) is 5.10 Å². The number of nitrogens with one attached hydrogen (secondary N) is 1. The topological polar surface area (TPSA) is 110 Å². The third-order valence-corrected chi connectivity index (χ3v) is 6.17. The Morgan fingerprint density at radius 3 is 2.62 bits per heavy atom. The zero-order valence-electron chi connectivity index (χ0n) is 15.6. The standard InChI is InChI=1S/C19H20N6O3S/c26-19(24-9-1-2-10-24)16-6-3-5-15(11-16)13-21-29(27,28)18-8-4-7-17(12-18)25-14-20-22-23-25/h3-8,11-12,14,21H,1-2,9-10,13H2. The Morgan fingerprint density at radius 2 is 1.86 bits per heavy atom. The largest absolute Gasteiger partial charge is 0.339 e. The van der Waals surface area contributed by atoms with E-state index in [0.29, 0.717) is 11.3 Å². The van der Waals surface area contributed by atoms with Crippen molar-refractivity contribution in [2.24, 2.45) is 0 Å². The van der Waals surface area contributed by atoms with Gasteiger partial charge in [-0.1, -0.05) is 18.2 Å². The Balaban J connectivity index is 1.48. The second kappa shape index (κ2) is 8.10. The van der Waals surface area contributed by atoms with Crippen LogP contribution in [0, 0.1) is 0 Å². The van der Waals surface area contributed by atoms with Gasteiger partial charge in [0, 0.05) is 25.2 Å². The smallest absolute Gasteiger partial charge is 0.253 e. The van der Waals surface area contributed by atoms with Gasteiger partial charge in [-0.05, 0) is 59.2 Å². The van der Waals surface area contributed by atoms with Crippen molar-refractivity contribution in [1.29, 1.82) is 0 Å². The fourth-order valence-corrected chi connectivity index (χ4v) is 4.31. The molecule has 1 N–H and O–H groups in total. The Hall–Kier alpha value is -3.11. The molecule has 1 amide bonds. The molecule has 150 valence electrons. The van der Waals surface area contributed by atoms with Crippen molar-refractivity contribution in [1.82, 2.24) is 29.8 Å². The molecule has 29 heavy (non-hydrogen) atoms. The minimum Gasteiger partial charge on any atom is -0.339 e. The highest BCUT2D eigenvalue weighted by Crippen LogP contribution is 2.16. The molecule has 1 aliphatic heterocycles. The molecule has 1 aliphatic rings. The molecule has 0 bridgehead atoms. The van der Waals surface area contributed by atoms with Crippen LogP contribution in [-0.4, -0.2) is 52.5 Å². The molecule has 0 spiro atoms. The molecule has 0 unspecified atom stereocenters. The van der Waals surface area contributed by atoms with E-state index in [1.54, 1.807) is 36.4 Å². The summed E-state index contributed by atoms with van der Waals surface area (Å²) in [5.74, 6) is -0.0126. The number of aromatic nitrogens is 4. The van der Waals surface area contributed by atoms with Gasteiger partial charge in [0.25, 0.3) is 5.91 Å². The number of nitrogens with zero attached hydrogens (tertiary/aromatic N) is 5. The molecule has 0 saturated carbocycles. The van der Waals surface area contributed by atoms with Gasteiger partial charge in [0.2, 0.25) is 10.0 Å². The minimum atomic E-state index is -3.75. The summed E-state index contributed by atoms with van der Waals surface area (Å²) in [5.41, 5.74) is 1.83. The second-order valence-electron chi connectivity index (χ2n) is 6.78. The number of sulfonamides is 1. The molecule has 0 radical (unpaired) electrons. The lowest BCUT2D eigenvalue weighted by Crippen LogP contribution is -2.28. The first-order valence-corrected chi connectivity index (χ1v) is 10.7. The predicted octanol–water partition coefficient (Wildman–Crippen LogP) is 1.38. The number of tetrazole rings is 1. The zero-order chi connectivity index (χ0) is 20.3. The highest BCUT2D eigenvalue weighted by Gasteiger charge is 2.20. The quantitative estimate of drug-likeness (QED) is 0.655. The second-order valence-corrected chi connectivity index (χ2v) is 8.54. The third kappa shape index (κ3) is 4.33. The SMILES string of the molecule is O=C(c1cccc(CNS(=O)(=O)c2cccc(-n3cnnn3)c2)c1)N1CCCC1. The van der Waals surface area contributed by atoms with E-state index in [1.807, 2.05) is 4.90 Å². The van der Waals surface area contributed by atoms with Crippen LogP contribution < -0.4 is 4.72 Å². The van der Waals surface area contributed by atoms with Crippen LogP contribution in [0.15, 0.2) is 59.8 Å². The molecule has 1 fully saturated rings. The van der Waals surface area contributed by atoms with Crippen molar-refractivity contribution < 1.29 is 13.2 Å². The van der Waals surface area contributed by atoms with Gasteiger partial charge in [-0.25, -0.2) is 17.8 Å². The van der Waals surface area contributed by atoms with Crippen LogP contribution in [0.3, 0.4) is 0 Å². The van der Waals surface area contributed by atoms with Crippen LogP contribution in [0.1, 0.15) is 28.8 Å². The molecule has 0 atom stereocenters. The average molecular weight is 412 g/mol. The van der Waals surface area contributed by atoms with Crippen molar-refractivity contribution in [3.05, 3.63) is 66.0 Å². The van der Waals surface area contributed by atoms with E-state index in [4.69, 9.17) is 0 Å². The Labute approximate surface area is 168 Å². The first-order valence-electron chi connectivity index (χ1n) is 9.24. The fourth-order valence-electron chi connectivity index (χ4n) is 3.25. The summed E-state index contributed by atoms with van der Waals surface area (Å²) in [6.07, 6.45) is 3.44. The molecule has 1 aromatic heterocycles. The first-order chi connectivity index (χ1) is 14.0.